The van der Waals surface area contributed by atoms with Crippen molar-refractivity contribution in [2.24, 2.45) is 96.6 Å². The van der Waals surface area contributed by atoms with Gasteiger partial charge in [0, 0.05) is 27.8 Å². The molecule has 0 aliphatic heterocycles. The molecule has 1 aromatic heterocycles. The van der Waals surface area contributed by atoms with Gasteiger partial charge in [-0.15, -0.1) is 0 Å². The van der Waals surface area contributed by atoms with Crippen LogP contribution in [0.15, 0.2) is 91.0 Å². The molecule has 7 fully saturated rings. The molecule has 5 N–H and O–H groups in total. The lowest BCUT2D eigenvalue weighted by Crippen LogP contribution is -2.36. The van der Waals surface area contributed by atoms with E-state index < -0.39 is 56.9 Å². The second-order valence-electron chi connectivity index (χ2n) is 41.2. The van der Waals surface area contributed by atoms with Crippen LogP contribution in [-0.4, -0.2) is 102 Å². The minimum Gasteiger partial charge on any atom is -0.481 e. The maximum atomic E-state index is 12.2. The second kappa shape index (κ2) is 49.5. The summed E-state index contributed by atoms with van der Waals surface area (Å²) in [6, 6.07) is 31.6. The summed E-state index contributed by atoms with van der Waals surface area (Å²) >= 11 is 0. The van der Waals surface area contributed by atoms with Gasteiger partial charge in [0.15, 0.2) is 0 Å². The first-order valence-corrected chi connectivity index (χ1v) is 47.1. The quantitative estimate of drug-likeness (QED) is 0.0218. The van der Waals surface area contributed by atoms with E-state index in [1.54, 1.807) is 69.2 Å². The minimum absolute atomic E-state index is 0.0214. The van der Waals surface area contributed by atoms with Gasteiger partial charge in [0.2, 0.25) is 0 Å². The number of nitrogens with zero attached hydrogens (tertiary/aromatic N) is 1. The first kappa shape index (κ1) is 110. The summed E-state index contributed by atoms with van der Waals surface area (Å²) in [6.45, 7) is 53.0. The largest absolute Gasteiger partial charge is 0.481 e. The lowest BCUT2D eigenvalue weighted by Gasteiger charge is -2.33. The van der Waals surface area contributed by atoms with E-state index in [0.29, 0.717) is 55.7 Å². The molecular formula is C105H167NO18. The number of benzene rings is 4. The van der Waals surface area contributed by atoms with Gasteiger partial charge in [0.05, 0.1) is 49.2 Å². The first-order valence-electron chi connectivity index (χ1n) is 47.1. The van der Waals surface area contributed by atoms with Gasteiger partial charge in [-0.3, -0.25) is 43.2 Å². The topological polar surface area (TPSA) is 297 Å². The summed E-state index contributed by atoms with van der Waals surface area (Å²) in [4.78, 5) is 99.1. The Morgan fingerprint density at radius 1 is 0.347 bits per heavy atom. The van der Waals surface area contributed by atoms with Crippen molar-refractivity contribution in [2.75, 3.05) is 0 Å². The zero-order valence-electron chi connectivity index (χ0n) is 81.8. The van der Waals surface area contributed by atoms with Crippen molar-refractivity contribution in [1.29, 1.82) is 0 Å². The zero-order valence-corrected chi connectivity index (χ0v) is 81.8. The van der Waals surface area contributed by atoms with Crippen LogP contribution in [0.5, 0.6) is 5.75 Å². The third-order valence-corrected chi connectivity index (χ3v) is 29.3. The Balaban J connectivity index is 0.000000363. The highest BCUT2D eigenvalue weighted by Crippen LogP contribution is 2.61. The number of ether oxygens (including phenoxy) is 4. The average Bonchev–Trinajstić information content (AvgIpc) is 1.61. The van der Waals surface area contributed by atoms with Crippen molar-refractivity contribution in [1.82, 2.24) is 4.57 Å². The van der Waals surface area contributed by atoms with Crippen molar-refractivity contribution in [3.05, 3.63) is 91.0 Å². The molecular weight excluding hydrogens is 1560 g/mol. The molecule has 4 aromatic carbocycles. The molecule has 0 saturated heterocycles. The third kappa shape index (κ3) is 31.9. The predicted molar refractivity (Wildman–Crippen MR) is 501 cm³/mol. The van der Waals surface area contributed by atoms with Crippen molar-refractivity contribution in [2.45, 2.75) is 379 Å². The summed E-state index contributed by atoms with van der Waals surface area (Å²) in [5.74, 6) is 3.65. The number of carbonyl (C=O) groups excluding carboxylic acids is 4. The molecule has 1 heterocycles. The molecule has 5 aromatic rings. The zero-order chi connectivity index (χ0) is 94.4. The van der Waals surface area contributed by atoms with E-state index in [0.717, 1.165) is 104 Å². The van der Waals surface area contributed by atoms with Crippen LogP contribution >= 0.6 is 0 Å². The highest BCUT2D eigenvalue weighted by Gasteiger charge is 2.57. The van der Waals surface area contributed by atoms with Crippen molar-refractivity contribution in [3.63, 3.8) is 0 Å². The van der Waals surface area contributed by atoms with Gasteiger partial charge in [-0.25, -0.2) is 0 Å². The molecule has 0 amide bonds. The number of fused-ring (bicyclic) bond motifs is 14. The summed E-state index contributed by atoms with van der Waals surface area (Å²) in [5, 5.41) is 47.2. The molecule has 4 bridgehead atoms. The number of aromatic nitrogens is 1. The van der Waals surface area contributed by atoms with Crippen LogP contribution in [0, 0.1) is 96.6 Å². The molecule has 12 unspecified atom stereocenters. The number of carboxylic acid groups (broad SMARTS) is 5. The molecule has 19 heteroatoms. The lowest BCUT2D eigenvalue weighted by molar-refractivity contribution is -0.164. The first-order chi connectivity index (χ1) is 57.7. The molecule has 12 atom stereocenters. The smallest absolute Gasteiger partial charge is 0.314 e. The molecule has 0 spiro atoms. The van der Waals surface area contributed by atoms with E-state index in [2.05, 4.69) is 80.8 Å². The van der Waals surface area contributed by atoms with Crippen molar-refractivity contribution < 1.29 is 87.6 Å². The molecule has 12 rings (SSSR count). The van der Waals surface area contributed by atoms with Crippen LogP contribution in [0.2, 0.25) is 0 Å². The Morgan fingerprint density at radius 2 is 0.661 bits per heavy atom. The molecule has 0 radical (unpaired) electrons. The Morgan fingerprint density at radius 3 is 0.976 bits per heavy atom. The molecule has 7 aliphatic carbocycles. The Bertz CT molecular complexity index is 3910. The number of carbonyl (C=O) groups is 9. The second-order valence-corrected chi connectivity index (χ2v) is 41.2. The third-order valence-electron chi connectivity index (χ3n) is 29.3. The van der Waals surface area contributed by atoms with Gasteiger partial charge >= 0.3 is 53.7 Å². The summed E-state index contributed by atoms with van der Waals surface area (Å²) in [6.07, 6.45) is 27.9. The normalized spacial score (nSPS) is 21.6. The van der Waals surface area contributed by atoms with E-state index in [4.69, 9.17) is 44.5 Å². The Kier molecular flexibility index (Phi) is 44.0. The number of esters is 4. The SMILES string of the molecule is CCC(C)(C)C(=O)O.CCC(C)(C)C(=O)O.CCC(C)(C)C(=O)O.CCC(C)(C)C(=O)O.CCC(C)(C)C(=O)O.CCC(C)(C)C(=O)OC1CC2CC1C1CCCC21.CCC(C)(C)C(=O)OC1CC2CC1C1CCCC21.CCC(C)(C)C(=O)OC1CCCCC1.CCC(C)C(=O)Oc1ccc2ccccc2c1.CCC(C)n1c2ccccc2c2ccccc21. The van der Waals surface area contributed by atoms with E-state index in [9.17, 15) is 43.2 Å². The van der Waals surface area contributed by atoms with Gasteiger partial charge in [0.1, 0.15) is 24.1 Å². The summed E-state index contributed by atoms with van der Waals surface area (Å²) in [7, 11) is 0. The highest BCUT2D eigenvalue weighted by atomic mass is 16.6. The number of para-hydroxylation sites is 2. The Hall–Kier alpha value is -7.83. The number of carboxylic acids is 5. The molecule has 19 nitrogen and oxygen atoms in total. The van der Waals surface area contributed by atoms with Gasteiger partial charge in [-0.2, -0.15) is 0 Å². The van der Waals surface area contributed by atoms with Crippen molar-refractivity contribution >= 4 is 86.3 Å². The van der Waals surface area contributed by atoms with Crippen LogP contribution in [0.4, 0.5) is 0 Å². The van der Waals surface area contributed by atoms with E-state index in [-0.39, 0.29) is 64.4 Å². The van der Waals surface area contributed by atoms with E-state index in [1.807, 2.05) is 139 Å². The average molecular weight is 1730 g/mol. The van der Waals surface area contributed by atoms with Crippen LogP contribution in [-0.2, 0) is 57.4 Å². The molecule has 700 valence electrons. The fraction of sp³-hybridized carbons (Fsp3) is 0.705. The van der Waals surface area contributed by atoms with Gasteiger partial charge in [-0.05, 0) is 341 Å². The fourth-order valence-corrected chi connectivity index (χ4v) is 15.8. The maximum Gasteiger partial charge on any atom is 0.314 e. The van der Waals surface area contributed by atoms with Gasteiger partial charge in [-0.1, -0.05) is 162 Å². The lowest BCUT2D eigenvalue weighted by atomic mass is 9.80. The number of hydrogen-bond acceptors (Lipinski definition) is 13. The predicted octanol–water partition coefficient (Wildman–Crippen LogP) is 27.0. The van der Waals surface area contributed by atoms with Gasteiger partial charge in [0.25, 0.3) is 0 Å². The number of aliphatic carboxylic acids is 5. The minimum atomic E-state index is -0.722. The van der Waals surface area contributed by atoms with Crippen LogP contribution in [0.3, 0.4) is 0 Å². The Labute approximate surface area is 746 Å². The van der Waals surface area contributed by atoms with E-state index >= 15 is 0 Å². The van der Waals surface area contributed by atoms with Crippen LogP contribution in [0.25, 0.3) is 32.6 Å². The molecule has 124 heavy (non-hydrogen) atoms. The van der Waals surface area contributed by atoms with Gasteiger partial charge < -0.3 is 49.0 Å². The fourth-order valence-electron chi connectivity index (χ4n) is 15.8. The highest BCUT2D eigenvalue weighted by molar-refractivity contribution is 6.08. The maximum absolute atomic E-state index is 12.2. The monoisotopic (exact) mass is 1730 g/mol. The molecule has 7 saturated carbocycles. The number of rotatable bonds is 24. The van der Waals surface area contributed by atoms with Crippen LogP contribution in [0.1, 0.15) is 360 Å². The van der Waals surface area contributed by atoms with Crippen LogP contribution < -0.4 is 4.74 Å². The van der Waals surface area contributed by atoms with E-state index in [1.165, 1.54) is 92.4 Å². The van der Waals surface area contributed by atoms with Crippen molar-refractivity contribution in [3.8, 4) is 5.75 Å². The summed E-state index contributed by atoms with van der Waals surface area (Å²) in [5.41, 5.74) is -0.934. The summed E-state index contributed by atoms with van der Waals surface area (Å²) < 4.78 is 25.0. The standard InChI is InChI=1S/C16H17N.2C16H26O2.C15H16O2.C12H22O2.5C6H12O2/c1-3-12(2)17-15-10-6-4-8-13(15)14-9-5-7-11-16(14)17;2*1-4-16(2,3)15(17)18-14-9-10-8-13(14)12-7-5-6-11(10)12;1-3-11(2)15(16)17-14-9-8-12-6-4-5-7-13(12)10-14;1-4-12(2,3)11(13)14-10-8-6-5-7-9-10;5*1-4-6(2,3)5(7)8/h4-12H,3H2,1-2H3;2*10-14H,4-9H2,1-3H3;4-11H,3H2,1-2H3;10H,4-9H2,1-3H3;5*4H2,1-3H3,(H,7,8). The number of hydrogen-bond donors (Lipinski definition) is 5. The molecule has 7 aliphatic rings.